The Kier molecular flexibility index (Phi) is 5.57. The summed E-state index contributed by atoms with van der Waals surface area (Å²) >= 11 is 0. The van der Waals surface area contributed by atoms with Crippen LogP contribution < -0.4 is 5.43 Å². The molecule has 1 aliphatic heterocycles. The number of hydrogen-bond acceptors (Lipinski definition) is 4. The molecular formula is C15H20N2O4. The minimum absolute atomic E-state index is 0.195. The zero-order valence-corrected chi connectivity index (χ0v) is 11.8. The SMILES string of the molecule is O=C(O)CC1CCN(NC(=O)OCc2ccccc2)CC1. The molecule has 1 amide bonds. The van der Waals surface area contributed by atoms with Gasteiger partial charge >= 0.3 is 12.1 Å². The number of carboxylic acids is 1. The average molecular weight is 292 g/mol. The zero-order valence-electron chi connectivity index (χ0n) is 11.8. The lowest BCUT2D eigenvalue weighted by molar-refractivity contribution is -0.138. The molecule has 1 aromatic carbocycles. The minimum atomic E-state index is -0.760. The summed E-state index contributed by atoms with van der Waals surface area (Å²) in [4.78, 5) is 22.3. The molecule has 6 heteroatoms. The molecule has 114 valence electrons. The fourth-order valence-electron chi connectivity index (χ4n) is 2.38. The molecule has 1 saturated heterocycles. The first kappa shape index (κ1) is 15.3. The highest BCUT2D eigenvalue weighted by Gasteiger charge is 2.22. The molecule has 0 unspecified atom stereocenters. The summed E-state index contributed by atoms with van der Waals surface area (Å²) in [6.45, 7) is 1.54. The summed E-state index contributed by atoms with van der Waals surface area (Å²) < 4.78 is 5.14. The lowest BCUT2D eigenvalue weighted by Gasteiger charge is -2.30. The van der Waals surface area contributed by atoms with Crippen LogP contribution in [0.25, 0.3) is 0 Å². The largest absolute Gasteiger partial charge is 0.481 e. The van der Waals surface area contributed by atoms with Gasteiger partial charge in [0.15, 0.2) is 0 Å². The number of aliphatic carboxylic acids is 1. The maximum atomic E-state index is 11.7. The Balaban J connectivity index is 1.66. The van der Waals surface area contributed by atoms with Crippen LogP contribution in [0.1, 0.15) is 24.8 Å². The maximum Gasteiger partial charge on any atom is 0.422 e. The number of ether oxygens (including phenoxy) is 1. The first-order valence-corrected chi connectivity index (χ1v) is 7.07. The van der Waals surface area contributed by atoms with Crippen LogP contribution in [0.3, 0.4) is 0 Å². The molecule has 1 aromatic rings. The summed E-state index contributed by atoms with van der Waals surface area (Å²) in [5.41, 5.74) is 3.63. The van der Waals surface area contributed by atoms with Crippen LogP contribution in [0.5, 0.6) is 0 Å². The maximum absolute atomic E-state index is 11.7. The van der Waals surface area contributed by atoms with Gasteiger partial charge in [-0.1, -0.05) is 30.3 Å². The van der Waals surface area contributed by atoms with Crippen molar-refractivity contribution in [2.75, 3.05) is 13.1 Å². The Morgan fingerprint density at radius 3 is 2.52 bits per heavy atom. The van der Waals surface area contributed by atoms with Gasteiger partial charge in [-0.15, -0.1) is 0 Å². The van der Waals surface area contributed by atoms with Crippen LogP contribution in [-0.2, 0) is 16.1 Å². The number of nitrogens with zero attached hydrogens (tertiary/aromatic N) is 1. The number of hydrogen-bond donors (Lipinski definition) is 2. The van der Waals surface area contributed by atoms with E-state index in [1.54, 1.807) is 5.01 Å². The van der Waals surface area contributed by atoms with Crippen molar-refractivity contribution in [1.29, 1.82) is 0 Å². The summed E-state index contributed by atoms with van der Waals surface area (Å²) in [5.74, 6) is -0.565. The second kappa shape index (κ2) is 7.64. The van der Waals surface area contributed by atoms with E-state index >= 15 is 0 Å². The normalized spacial score (nSPS) is 16.4. The van der Waals surface area contributed by atoms with E-state index in [1.165, 1.54) is 0 Å². The summed E-state index contributed by atoms with van der Waals surface area (Å²) in [6.07, 6.45) is 1.26. The number of benzene rings is 1. The molecule has 1 aliphatic rings. The van der Waals surface area contributed by atoms with Crippen molar-refractivity contribution in [2.45, 2.75) is 25.9 Å². The van der Waals surface area contributed by atoms with Crippen LogP contribution in [0.4, 0.5) is 4.79 Å². The van der Waals surface area contributed by atoms with Gasteiger partial charge < -0.3 is 9.84 Å². The van der Waals surface area contributed by atoms with Gasteiger partial charge in [-0.2, -0.15) is 0 Å². The highest BCUT2D eigenvalue weighted by atomic mass is 16.6. The molecule has 0 spiro atoms. The van der Waals surface area contributed by atoms with E-state index in [1.807, 2.05) is 30.3 Å². The van der Waals surface area contributed by atoms with Gasteiger partial charge in [0.25, 0.3) is 0 Å². The lowest BCUT2D eigenvalue weighted by Crippen LogP contribution is -2.47. The predicted octanol–water partition coefficient (Wildman–Crippen LogP) is 2.01. The molecule has 21 heavy (non-hydrogen) atoms. The van der Waals surface area contributed by atoms with E-state index in [0.29, 0.717) is 13.1 Å². The molecule has 0 saturated carbocycles. The van der Waals surface area contributed by atoms with E-state index in [-0.39, 0.29) is 18.9 Å². The van der Waals surface area contributed by atoms with Crippen LogP contribution in [-0.4, -0.2) is 35.3 Å². The summed E-state index contributed by atoms with van der Waals surface area (Å²) in [7, 11) is 0. The summed E-state index contributed by atoms with van der Waals surface area (Å²) in [6, 6.07) is 9.48. The van der Waals surface area contributed by atoms with E-state index in [9.17, 15) is 9.59 Å². The first-order chi connectivity index (χ1) is 10.1. The molecule has 2 N–H and O–H groups in total. The molecule has 1 fully saturated rings. The summed E-state index contributed by atoms with van der Waals surface area (Å²) in [5, 5.41) is 10.5. The molecule has 2 rings (SSSR count). The van der Waals surface area contributed by atoms with E-state index < -0.39 is 12.1 Å². The molecular weight excluding hydrogens is 272 g/mol. The van der Waals surface area contributed by atoms with E-state index in [2.05, 4.69) is 5.43 Å². The Labute approximate surface area is 123 Å². The monoisotopic (exact) mass is 292 g/mol. The van der Waals surface area contributed by atoms with Gasteiger partial charge in [0.05, 0.1) is 0 Å². The third kappa shape index (κ3) is 5.43. The van der Waals surface area contributed by atoms with Gasteiger partial charge in [-0.25, -0.2) is 9.80 Å². The number of carbonyl (C=O) groups excluding carboxylic acids is 1. The predicted molar refractivity (Wildman–Crippen MR) is 76.3 cm³/mol. The number of piperidine rings is 1. The number of hydrazine groups is 1. The zero-order chi connectivity index (χ0) is 15.1. The van der Waals surface area contributed by atoms with Crippen molar-refractivity contribution in [3.8, 4) is 0 Å². The highest BCUT2D eigenvalue weighted by Crippen LogP contribution is 2.19. The second-order valence-electron chi connectivity index (χ2n) is 5.20. The molecule has 6 nitrogen and oxygen atoms in total. The molecule has 0 atom stereocenters. The van der Waals surface area contributed by atoms with Crippen molar-refractivity contribution in [2.24, 2.45) is 5.92 Å². The lowest BCUT2D eigenvalue weighted by atomic mass is 9.94. The Bertz CT molecular complexity index is 470. The van der Waals surface area contributed by atoms with Gasteiger partial charge in [0.2, 0.25) is 0 Å². The third-order valence-corrected chi connectivity index (χ3v) is 3.54. The Morgan fingerprint density at radius 2 is 1.90 bits per heavy atom. The van der Waals surface area contributed by atoms with Crippen LogP contribution in [0.2, 0.25) is 0 Å². The fraction of sp³-hybridized carbons (Fsp3) is 0.467. The third-order valence-electron chi connectivity index (χ3n) is 3.54. The number of carbonyl (C=O) groups is 2. The average Bonchev–Trinajstić information content (AvgIpc) is 2.48. The minimum Gasteiger partial charge on any atom is -0.481 e. The van der Waals surface area contributed by atoms with Crippen molar-refractivity contribution >= 4 is 12.1 Å². The van der Waals surface area contributed by atoms with Crippen LogP contribution >= 0.6 is 0 Å². The standard InChI is InChI=1S/C15H20N2O4/c18-14(19)10-12-6-8-17(9-7-12)16-15(20)21-11-13-4-2-1-3-5-13/h1-5,12H,6-11H2,(H,16,20)(H,18,19). The van der Waals surface area contributed by atoms with E-state index in [0.717, 1.165) is 18.4 Å². The molecule has 0 aliphatic carbocycles. The molecule has 0 aromatic heterocycles. The van der Waals surface area contributed by atoms with Crippen LogP contribution in [0, 0.1) is 5.92 Å². The van der Waals surface area contributed by atoms with Crippen LogP contribution in [0.15, 0.2) is 30.3 Å². The molecule has 0 bridgehead atoms. The van der Waals surface area contributed by atoms with Crippen molar-refractivity contribution in [1.82, 2.24) is 10.4 Å². The Morgan fingerprint density at radius 1 is 1.24 bits per heavy atom. The smallest absolute Gasteiger partial charge is 0.422 e. The van der Waals surface area contributed by atoms with Crippen molar-refractivity contribution in [3.63, 3.8) is 0 Å². The van der Waals surface area contributed by atoms with Crippen molar-refractivity contribution in [3.05, 3.63) is 35.9 Å². The van der Waals surface area contributed by atoms with Gasteiger partial charge in [0.1, 0.15) is 6.61 Å². The van der Waals surface area contributed by atoms with Gasteiger partial charge in [-0.3, -0.25) is 10.2 Å². The number of rotatable bonds is 5. The van der Waals surface area contributed by atoms with E-state index in [4.69, 9.17) is 9.84 Å². The topological polar surface area (TPSA) is 78.9 Å². The Hall–Kier alpha value is -2.08. The fourth-order valence-corrected chi connectivity index (χ4v) is 2.38. The van der Waals surface area contributed by atoms with Gasteiger partial charge in [-0.05, 0) is 24.3 Å². The number of carboxylic acid groups (broad SMARTS) is 1. The molecule has 0 radical (unpaired) electrons. The number of nitrogens with one attached hydrogen (secondary N) is 1. The first-order valence-electron chi connectivity index (χ1n) is 7.07. The number of amides is 1. The molecule has 1 heterocycles. The quantitative estimate of drug-likeness (QED) is 0.868. The second-order valence-corrected chi connectivity index (χ2v) is 5.20. The van der Waals surface area contributed by atoms with Crippen molar-refractivity contribution < 1.29 is 19.4 Å². The van der Waals surface area contributed by atoms with Gasteiger partial charge in [0, 0.05) is 19.5 Å². The highest BCUT2D eigenvalue weighted by molar-refractivity contribution is 5.67.